The van der Waals surface area contributed by atoms with Crippen LogP contribution in [-0.4, -0.2) is 38.1 Å². The van der Waals surface area contributed by atoms with Gasteiger partial charge in [0.15, 0.2) is 0 Å². The first-order valence-corrected chi connectivity index (χ1v) is 11.0. The van der Waals surface area contributed by atoms with E-state index < -0.39 is 10.0 Å². The molecule has 0 bridgehead atoms. The first-order valence-electron chi connectivity index (χ1n) is 9.44. The van der Waals surface area contributed by atoms with Gasteiger partial charge in [0.2, 0.25) is 10.0 Å². The lowest BCUT2D eigenvalue weighted by Crippen LogP contribution is -2.30. The molecule has 0 N–H and O–H groups in total. The van der Waals surface area contributed by atoms with Crippen LogP contribution < -0.4 is 4.31 Å². The molecule has 142 valence electrons. The Labute approximate surface area is 160 Å². The smallest absolute Gasteiger partial charge is 0.254 e. The predicted molar refractivity (Wildman–Crippen MR) is 106 cm³/mol. The highest BCUT2D eigenvalue weighted by atomic mass is 32.2. The van der Waals surface area contributed by atoms with E-state index in [4.69, 9.17) is 0 Å². The van der Waals surface area contributed by atoms with Gasteiger partial charge in [0.1, 0.15) is 0 Å². The lowest BCUT2D eigenvalue weighted by molar-refractivity contribution is 0.0735. The normalized spacial score (nSPS) is 21.6. The second kappa shape index (κ2) is 7.00. The van der Waals surface area contributed by atoms with Gasteiger partial charge in [0.05, 0.1) is 17.5 Å². The van der Waals surface area contributed by atoms with Crippen LogP contribution in [0, 0.1) is 6.92 Å². The van der Waals surface area contributed by atoms with Crippen LogP contribution in [0.1, 0.15) is 46.8 Å². The third kappa shape index (κ3) is 3.46. The van der Waals surface area contributed by atoms with Crippen molar-refractivity contribution in [2.75, 3.05) is 23.1 Å². The Balaban J connectivity index is 1.54. The molecule has 2 fully saturated rings. The lowest BCUT2D eigenvalue weighted by atomic mass is 10.0. The van der Waals surface area contributed by atoms with Gasteiger partial charge in [0.25, 0.3) is 5.91 Å². The number of sulfonamides is 1. The number of anilines is 1. The minimum Gasteiger partial charge on any atom is -0.332 e. The standard InChI is InChI=1S/C21H24N2O3S/c1-16-5-7-17(8-6-16)20-4-2-13-22(20)21(24)18-9-11-19(12-10-18)23-14-3-15-27(23,25)26/h5-12,20H,2-4,13-15H2,1H3. The summed E-state index contributed by atoms with van der Waals surface area (Å²) in [4.78, 5) is 15.0. The first kappa shape index (κ1) is 18.0. The molecule has 0 radical (unpaired) electrons. The summed E-state index contributed by atoms with van der Waals surface area (Å²) in [5.41, 5.74) is 3.63. The van der Waals surface area contributed by atoms with Crippen molar-refractivity contribution >= 4 is 21.6 Å². The minimum absolute atomic E-state index is 0.00824. The topological polar surface area (TPSA) is 57.7 Å². The SMILES string of the molecule is Cc1ccc(C2CCCN2C(=O)c2ccc(N3CCCS3(=O)=O)cc2)cc1. The number of rotatable bonds is 3. The lowest BCUT2D eigenvalue weighted by Gasteiger charge is -2.25. The molecule has 1 amide bonds. The average molecular weight is 385 g/mol. The molecule has 2 aromatic carbocycles. The molecule has 6 heteroatoms. The summed E-state index contributed by atoms with van der Waals surface area (Å²) in [6, 6.07) is 15.5. The Hall–Kier alpha value is -2.34. The van der Waals surface area contributed by atoms with Gasteiger partial charge in [-0.3, -0.25) is 9.10 Å². The Morgan fingerprint density at radius 2 is 1.67 bits per heavy atom. The van der Waals surface area contributed by atoms with Crippen molar-refractivity contribution in [2.24, 2.45) is 0 Å². The van der Waals surface area contributed by atoms with E-state index >= 15 is 0 Å². The third-order valence-corrected chi connectivity index (χ3v) is 7.35. The van der Waals surface area contributed by atoms with E-state index in [0.29, 0.717) is 24.2 Å². The van der Waals surface area contributed by atoms with E-state index in [0.717, 1.165) is 19.4 Å². The van der Waals surface area contributed by atoms with Crippen LogP contribution in [-0.2, 0) is 10.0 Å². The molecule has 0 spiro atoms. The number of aryl methyl sites for hydroxylation is 1. The Kier molecular flexibility index (Phi) is 4.68. The summed E-state index contributed by atoms with van der Waals surface area (Å²) in [7, 11) is -3.20. The number of hydrogen-bond donors (Lipinski definition) is 0. The molecule has 2 saturated heterocycles. The number of carbonyl (C=O) groups is 1. The molecule has 1 unspecified atom stereocenters. The monoisotopic (exact) mass is 384 g/mol. The molecule has 0 saturated carbocycles. The first-order chi connectivity index (χ1) is 13.0. The van der Waals surface area contributed by atoms with Gasteiger partial charge in [-0.25, -0.2) is 8.42 Å². The molecule has 2 aliphatic rings. The molecule has 0 aromatic heterocycles. The van der Waals surface area contributed by atoms with Crippen molar-refractivity contribution in [3.8, 4) is 0 Å². The van der Waals surface area contributed by atoms with Crippen LogP contribution in [0.3, 0.4) is 0 Å². The number of nitrogens with zero attached hydrogens (tertiary/aromatic N) is 2. The number of carbonyl (C=O) groups excluding carboxylic acids is 1. The highest BCUT2D eigenvalue weighted by Gasteiger charge is 2.31. The van der Waals surface area contributed by atoms with Crippen LogP contribution in [0.4, 0.5) is 5.69 Å². The molecular formula is C21H24N2O3S. The van der Waals surface area contributed by atoms with Crippen LogP contribution >= 0.6 is 0 Å². The van der Waals surface area contributed by atoms with Crippen LogP contribution in [0.2, 0.25) is 0 Å². The van der Waals surface area contributed by atoms with Gasteiger partial charge in [0, 0.05) is 18.7 Å². The molecule has 4 rings (SSSR count). The van der Waals surface area contributed by atoms with Crippen molar-refractivity contribution in [1.29, 1.82) is 0 Å². The van der Waals surface area contributed by atoms with E-state index in [1.165, 1.54) is 15.4 Å². The number of hydrogen-bond acceptors (Lipinski definition) is 3. The highest BCUT2D eigenvalue weighted by Crippen LogP contribution is 2.33. The van der Waals surface area contributed by atoms with E-state index in [1.807, 2.05) is 4.90 Å². The zero-order valence-corrected chi connectivity index (χ0v) is 16.3. The van der Waals surface area contributed by atoms with Crippen LogP contribution in [0.25, 0.3) is 0 Å². The molecular weight excluding hydrogens is 360 g/mol. The van der Waals surface area contributed by atoms with Crippen molar-refractivity contribution in [3.05, 3.63) is 65.2 Å². The molecule has 27 heavy (non-hydrogen) atoms. The maximum absolute atomic E-state index is 13.1. The summed E-state index contributed by atoms with van der Waals surface area (Å²) >= 11 is 0. The van der Waals surface area contributed by atoms with Gasteiger partial charge < -0.3 is 4.90 Å². The number of benzene rings is 2. The van der Waals surface area contributed by atoms with Gasteiger partial charge >= 0.3 is 0 Å². The van der Waals surface area contributed by atoms with Gasteiger partial charge in [-0.1, -0.05) is 29.8 Å². The third-order valence-electron chi connectivity index (χ3n) is 5.48. The fraction of sp³-hybridized carbons (Fsp3) is 0.381. The fourth-order valence-electron chi connectivity index (χ4n) is 4.01. The number of likely N-dealkylation sites (tertiary alicyclic amines) is 1. The summed E-state index contributed by atoms with van der Waals surface area (Å²) in [5, 5.41) is 0. The molecule has 2 heterocycles. The highest BCUT2D eigenvalue weighted by molar-refractivity contribution is 7.93. The second-order valence-corrected chi connectivity index (χ2v) is 9.37. The molecule has 5 nitrogen and oxygen atoms in total. The van der Waals surface area contributed by atoms with Crippen molar-refractivity contribution < 1.29 is 13.2 Å². The quantitative estimate of drug-likeness (QED) is 0.814. The van der Waals surface area contributed by atoms with Crippen LogP contribution in [0.5, 0.6) is 0 Å². The van der Waals surface area contributed by atoms with E-state index in [2.05, 4.69) is 31.2 Å². The average Bonchev–Trinajstić information content (AvgIpc) is 3.28. The van der Waals surface area contributed by atoms with Crippen molar-refractivity contribution in [1.82, 2.24) is 4.90 Å². The molecule has 2 aliphatic heterocycles. The zero-order chi connectivity index (χ0) is 19.0. The molecule has 2 aromatic rings. The summed E-state index contributed by atoms with van der Waals surface area (Å²) in [6.07, 6.45) is 2.61. The Morgan fingerprint density at radius 1 is 0.963 bits per heavy atom. The summed E-state index contributed by atoms with van der Waals surface area (Å²) < 4.78 is 25.6. The second-order valence-electron chi connectivity index (χ2n) is 7.36. The predicted octanol–water partition coefficient (Wildman–Crippen LogP) is 3.51. The van der Waals surface area contributed by atoms with E-state index in [-0.39, 0.29) is 17.7 Å². The maximum atomic E-state index is 13.1. The summed E-state index contributed by atoms with van der Waals surface area (Å²) in [5.74, 6) is 0.202. The minimum atomic E-state index is -3.20. The Bertz CT molecular complexity index is 936. The van der Waals surface area contributed by atoms with Crippen molar-refractivity contribution in [3.63, 3.8) is 0 Å². The van der Waals surface area contributed by atoms with Gasteiger partial charge in [-0.2, -0.15) is 0 Å². The van der Waals surface area contributed by atoms with E-state index in [9.17, 15) is 13.2 Å². The van der Waals surface area contributed by atoms with E-state index in [1.54, 1.807) is 24.3 Å². The molecule has 1 atom stereocenters. The zero-order valence-electron chi connectivity index (χ0n) is 15.5. The number of amides is 1. The summed E-state index contributed by atoms with van der Waals surface area (Å²) in [6.45, 7) is 3.32. The van der Waals surface area contributed by atoms with Gasteiger partial charge in [-0.15, -0.1) is 0 Å². The van der Waals surface area contributed by atoms with Gasteiger partial charge in [-0.05, 0) is 56.0 Å². The van der Waals surface area contributed by atoms with Crippen LogP contribution in [0.15, 0.2) is 48.5 Å². The largest absolute Gasteiger partial charge is 0.332 e. The Morgan fingerprint density at radius 3 is 2.30 bits per heavy atom. The molecule has 0 aliphatic carbocycles. The maximum Gasteiger partial charge on any atom is 0.254 e. The van der Waals surface area contributed by atoms with Crippen molar-refractivity contribution in [2.45, 2.75) is 32.2 Å². The fourth-order valence-corrected chi connectivity index (χ4v) is 5.58.